The summed E-state index contributed by atoms with van der Waals surface area (Å²) in [4.78, 5) is 22.1. The molecule has 1 N–H and O–H groups in total. The number of aldehydes is 1. The van der Waals surface area contributed by atoms with E-state index in [-0.39, 0.29) is 12.1 Å². The molecule has 0 aromatic heterocycles. The number of hydrogen-bond donors (Lipinski definition) is 1. The van der Waals surface area contributed by atoms with E-state index in [1.807, 2.05) is 0 Å². The van der Waals surface area contributed by atoms with Crippen molar-refractivity contribution in [1.82, 2.24) is 5.43 Å². The van der Waals surface area contributed by atoms with Gasteiger partial charge >= 0.3 is 0 Å². The van der Waals surface area contributed by atoms with Crippen molar-refractivity contribution in [3.8, 4) is 0 Å². The monoisotopic (exact) mass is 391 g/mol. The van der Waals surface area contributed by atoms with Crippen LogP contribution in [0.1, 0.15) is 22.7 Å². The van der Waals surface area contributed by atoms with Gasteiger partial charge in [-0.25, -0.2) is 4.39 Å². The minimum Gasteiger partial charge on any atom is -0.301 e. The minimum atomic E-state index is -0.733. The molecule has 1 aliphatic rings. The van der Waals surface area contributed by atoms with Gasteiger partial charge in [-0.15, -0.1) is 0 Å². The number of fused-ring (bicyclic) bond motifs is 1. The van der Waals surface area contributed by atoms with Gasteiger partial charge < -0.3 is 4.79 Å². The molecule has 0 amide bonds. The molecule has 1 heterocycles. The molecule has 2 aromatic carbocycles. The van der Waals surface area contributed by atoms with Crippen molar-refractivity contribution >= 4 is 33.6 Å². The maximum atomic E-state index is 13.4. The van der Waals surface area contributed by atoms with Gasteiger partial charge in [0.05, 0.1) is 20.7 Å². The lowest BCUT2D eigenvalue weighted by molar-refractivity contribution is -0.385. The Bertz CT molecular complexity index is 870. The zero-order chi connectivity index (χ0) is 17.3. The van der Waals surface area contributed by atoms with Gasteiger partial charge in [0.1, 0.15) is 18.1 Å². The summed E-state index contributed by atoms with van der Waals surface area (Å²) >= 11 is 3.12. The topological polar surface area (TPSA) is 84.6 Å². The molecule has 0 fully saturated rings. The third-order valence-electron chi connectivity index (χ3n) is 3.73. The average molecular weight is 392 g/mol. The zero-order valence-electron chi connectivity index (χ0n) is 12.2. The van der Waals surface area contributed by atoms with Crippen molar-refractivity contribution in [2.75, 3.05) is 0 Å². The van der Waals surface area contributed by atoms with Crippen LogP contribution < -0.4 is 5.43 Å². The molecule has 24 heavy (non-hydrogen) atoms. The summed E-state index contributed by atoms with van der Waals surface area (Å²) in [7, 11) is 0. The highest BCUT2D eigenvalue weighted by Crippen LogP contribution is 2.31. The van der Waals surface area contributed by atoms with E-state index in [4.69, 9.17) is 0 Å². The number of nitrogens with one attached hydrogen (secondary N) is 1. The molecule has 0 spiro atoms. The second kappa shape index (κ2) is 6.48. The van der Waals surface area contributed by atoms with E-state index in [9.17, 15) is 19.3 Å². The summed E-state index contributed by atoms with van der Waals surface area (Å²) < 4.78 is 13.7. The number of nitrogens with zero attached hydrogens (tertiary/aromatic N) is 2. The van der Waals surface area contributed by atoms with Gasteiger partial charge in [-0.3, -0.25) is 15.5 Å². The van der Waals surface area contributed by atoms with Crippen LogP contribution in [0.15, 0.2) is 46.0 Å². The molecule has 0 saturated carbocycles. The fourth-order valence-electron chi connectivity index (χ4n) is 2.63. The van der Waals surface area contributed by atoms with Crippen LogP contribution in [0.2, 0.25) is 0 Å². The van der Waals surface area contributed by atoms with E-state index in [0.717, 1.165) is 5.56 Å². The Morgan fingerprint density at radius 1 is 1.38 bits per heavy atom. The second-order valence-corrected chi connectivity index (χ2v) is 6.08. The molecule has 8 heteroatoms. The smallest absolute Gasteiger partial charge is 0.278 e. The lowest BCUT2D eigenvalue weighted by Gasteiger charge is -2.22. The van der Waals surface area contributed by atoms with Crippen LogP contribution in [0, 0.1) is 15.9 Å². The molecule has 1 aliphatic heterocycles. The van der Waals surface area contributed by atoms with E-state index >= 15 is 0 Å². The molecule has 122 valence electrons. The molecular weight excluding hydrogens is 381 g/mol. The molecule has 3 rings (SSSR count). The first-order chi connectivity index (χ1) is 11.5. The maximum absolute atomic E-state index is 13.4. The van der Waals surface area contributed by atoms with Crippen LogP contribution in [-0.4, -0.2) is 16.9 Å². The number of carbonyl (C=O) groups is 1. The predicted octanol–water partition coefficient (Wildman–Crippen LogP) is 3.29. The number of benzene rings is 2. The Morgan fingerprint density at radius 2 is 2.17 bits per heavy atom. The number of hydrogen-bond acceptors (Lipinski definition) is 5. The summed E-state index contributed by atoms with van der Waals surface area (Å²) in [6.45, 7) is 0. The number of rotatable bonds is 4. The lowest BCUT2D eigenvalue weighted by Crippen LogP contribution is -2.28. The van der Waals surface area contributed by atoms with Crippen molar-refractivity contribution in [1.29, 1.82) is 0 Å². The molecule has 0 radical (unpaired) electrons. The SMILES string of the molecule is O=CC1NN=C(Cc2ccc(F)c(Br)c2)c2c1cccc2[N+](=O)[O-]. The van der Waals surface area contributed by atoms with Gasteiger partial charge in [0.25, 0.3) is 5.69 Å². The van der Waals surface area contributed by atoms with E-state index in [1.54, 1.807) is 18.2 Å². The van der Waals surface area contributed by atoms with Crippen LogP contribution in [0.3, 0.4) is 0 Å². The molecule has 1 unspecified atom stereocenters. The van der Waals surface area contributed by atoms with Crippen molar-refractivity contribution in [3.63, 3.8) is 0 Å². The first kappa shape index (κ1) is 16.3. The second-order valence-electron chi connectivity index (χ2n) is 5.23. The average Bonchev–Trinajstić information content (AvgIpc) is 2.57. The highest BCUT2D eigenvalue weighted by molar-refractivity contribution is 9.10. The fraction of sp³-hybridized carbons (Fsp3) is 0.125. The van der Waals surface area contributed by atoms with Crippen molar-refractivity contribution in [2.45, 2.75) is 12.5 Å². The Morgan fingerprint density at radius 3 is 2.83 bits per heavy atom. The minimum absolute atomic E-state index is 0.110. The number of hydrazone groups is 1. The van der Waals surface area contributed by atoms with Gasteiger partial charge in [-0.1, -0.05) is 18.2 Å². The van der Waals surface area contributed by atoms with Gasteiger partial charge in [0.2, 0.25) is 0 Å². The first-order valence-electron chi connectivity index (χ1n) is 7.00. The van der Waals surface area contributed by atoms with Crippen LogP contribution >= 0.6 is 15.9 Å². The van der Waals surface area contributed by atoms with Gasteiger partial charge in [-0.2, -0.15) is 5.10 Å². The summed E-state index contributed by atoms with van der Waals surface area (Å²) in [6, 6.07) is 8.33. The third-order valence-corrected chi connectivity index (χ3v) is 4.33. The number of nitro benzene ring substituents is 1. The van der Waals surface area contributed by atoms with Crippen LogP contribution in [-0.2, 0) is 11.2 Å². The molecule has 2 aromatic rings. The number of carbonyl (C=O) groups excluding carboxylic acids is 1. The van der Waals surface area contributed by atoms with Crippen LogP contribution in [0.4, 0.5) is 10.1 Å². The Kier molecular flexibility index (Phi) is 4.39. The maximum Gasteiger partial charge on any atom is 0.278 e. The standard InChI is InChI=1S/C16H11BrFN3O3/c17-11-6-9(4-5-12(11)18)7-13-16-10(14(8-22)20-19-13)2-1-3-15(16)21(23)24/h1-6,8,14,20H,7H2. The number of halogens is 2. The molecule has 0 bridgehead atoms. The fourth-order valence-corrected chi connectivity index (χ4v) is 3.06. The first-order valence-corrected chi connectivity index (χ1v) is 7.79. The Balaban J connectivity index is 2.07. The summed E-state index contributed by atoms with van der Waals surface area (Å²) in [5, 5.41) is 15.5. The third kappa shape index (κ3) is 2.92. The highest BCUT2D eigenvalue weighted by atomic mass is 79.9. The number of nitro groups is 1. The predicted molar refractivity (Wildman–Crippen MR) is 89.4 cm³/mol. The lowest BCUT2D eigenvalue weighted by atomic mass is 9.91. The molecule has 1 atom stereocenters. The molecule has 0 saturated heterocycles. The van der Waals surface area contributed by atoms with E-state index in [0.29, 0.717) is 27.6 Å². The highest BCUT2D eigenvalue weighted by Gasteiger charge is 2.29. The van der Waals surface area contributed by atoms with E-state index < -0.39 is 16.8 Å². The van der Waals surface area contributed by atoms with Gasteiger partial charge in [0.15, 0.2) is 0 Å². The van der Waals surface area contributed by atoms with Crippen molar-refractivity contribution in [3.05, 3.63) is 73.5 Å². The summed E-state index contributed by atoms with van der Waals surface area (Å²) in [5.41, 5.74) is 4.58. The van der Waals surface area contributed by atoms with E-state index in [2.05, 4.69) is 26.5 Å². The van der Waals surface area contributed by atoms with Gasteiger partial charge in [-0.05, 0) is 39.2 Å². The summed E-state index contributed by atoms with van der Waals surface area (Å²) in [5.74, 6) is -0.394. The Hall–Kier alpha value is -2.61. The Labute approximate surface area is 144 Å². The van der Waals surface area contributed by atoms with Crippen LogP contribution in [0.5, 0.6) is 0 Å². The van der Waals surface area contributed by atoms with Gasteiger partial charge in [0, 0.05) is 12.5 Å². The van der Waals surface area contributed by atoms with Crippen molar-refractivity contribution < 1.29 is 14.1 Å². The largest absolute Gasteiger partial charge is 0.301 e. The van der Waals surface area contributed by atoms with E-state index in [1.165, 1.54) is 18.2 Å². The molecular formula is C16H11BrFN3O3. The zero-order valence-corrected chi connectivity index (χ0v) is 13.8. The molecule has 6 nitrogen and oxygen atoms in total. The normalized spacial score (nSPS) is 15.9. The van der Waals surface area contributed by atoms with Crippen molar-refractivity contribution in [2.24, 2.45) is 5.10 Å². The molecule has 0 aliphatic carbocycles. The summed E-state index contributed by atoms with van der Waals surface area (Å²) in [6.07, 6.45) is 0.909. The van der Waals surface area contributed by atoms with Crippen LogP contribution in [0.25, 0.3) is 0 Å². The quantitative estimate of drug-likeness (QED) is 0.492.